The van der Waals surface area contributed by atoms with E-state index in [4.69, 9.17) is 9.47 Å². The number of ether oxygens (including phenoxy) is 2. The van der Waals surface area contributed by atoms with Crippen LogP contribution in [0.5, 0.6) is 11.5 Å². The normalized spacial score (nSPS) is 12.0. The third-order valence-corrected chi connectivity index (χ3v) is 4.18. The smallest absolute Gasteiger partial charge is 0.161 e. The quantitative estimate of drug-likeness (QED) is 0.735. The Balaban J connectivity index is 2.03. The van der Waals surface area contributed by atoms with Gasteiger partial charge in [-0.15, -0.1) is 0 Å². The van der Waals surface area contributed by atoms with E-state index in [1.807, 2.05) is 20.0 Å². The van der Waals surface area contributed by atoms with E-state index in [1.165, 1.54) is 11.1 Å². The molecule has 0 spiro atoms. The Morgan fingerprint density at radius 1 is 0.958 bits per heavy atom. The van der Waals surface area contributed by atoms with Gasteiger partial charge in [-0.2, -0.15) is 0 Å². The van der Waals surface area contributed by atoms with Crippen LogP contribution < -0.4 is 14.8 Å². The van der Waals surface area contributed by atoms with Crippen LogP contribution in [-0.2, 0) is 13.0 Å². The lowest BCUT2D eigenvalue weighted by molar-refractivity contribution is 0.269. The van der Waals surface area contributed by atoms with Gasteiger partial charge in [0.2, 0.25) is 0 Å². The van der Waals surface area contributed by atoms with Crippen LogP contribution in [0.25, 0.3) is 0 Å². The van der Waals surface area contributed by atoms with Crippen LogP contribution in [0.15, 0.2) is 42.5 Å². The first-order chi connectivity index (χ1) is 11.6. The molecule has 1 unspecified atom stereocenters. The van der Waals surface area contributed by atoms with Gasteiger partial charge >= 0.3 is 0 Å². The van der Waals surface area contributed by atoms with Crippen molar-refractivity contribution < 1.29 is 9.47 Å². The topological polar surface area (TPSA) is 30.5 Å². The maximum absolute atomic E-state index is 5.98. The molecular weight excluding hydrogens is 298 g/mol. The molecule has 0 aromatic heterocycles. The zero-order chi connectivity index (χ0) is 17.4. The van der Waals surface area contributed by atoms with Crippen LogP contribution in [0.3, 0.4) is 0 Å². The third kappa shape index (κ3) is 5.57. The van der Waals surface area contributed by atoms with Crippen LogP contribution in [-0.4, -0.2) is 19.7 Å². The highest BCUT2D eigenvalue weighted by Crippen LogP contribution is 2.30. The zero-order valence-corrected chi connectivity index (χ0v) is 15.3. The van der Waals surface area contributed by atoms with Crippen LogP contribution in [0.4, 0.5) is 0 Å². The predicted octanol–water partition coefficient (Wildman–Crippen LogP) is 4.51. The van der Waals surface area contributed by atoms with Gasteiger partial charge in [0, 0.05) is 6.04 Å². The number of hydrogen-bond donors (Lipinski definition) is 1. The highest BCUT2D eigenvalue weighted by molar-refractivity contribution is 5.43. The summed E-state index contributed by atoms with van der Waals surface area (Å²) in [6, 6.07) is 15.2. The van der Waals surface area contributed by atoms with Crippen molar-refractivity contribution in [2.24, 2.45) is 0 Å². The monoisotopic (exact) mass is 327 g/mol. The van der Waals surface area contributed by atoms with Crippen LogP contribution >= 0.6 is 0 Å². The number of aryl methyl sites for hydroxylation is 2. The minimum absolute atomic E-state index is 0.512. The van der Waals surface area contributed by atoms with E-state index in [0.717, 1.165) is 29.9 Å². The summed E-state index contributed by atoms with van der Waals surface area (Å²) in [5.41, 5.74) is 3.70. The maximum Gasteiger partial charge on any atom is 0.161 e. The van der Waals surface area contributed by atoms with Crippen molar-refractivity contribution in [2.75, 3.05) is 13.7 Å². The van der Waals surface area contributed by atoms with Crippen molar-refractivity contribution in [1.29, 1.82) is 0 Å². The van der Waals surface area contributed by atoms with Gasteiger partial charge in [-0.05, 0) is 63.9 Å². The molecule has 2 aromatic carbocycles. The van der Waals surface area contributed by atoms with Gasteiger partial charge in [-0.1, -0.05) is 35.9 Å². The average molecular weight is 327 g/mol. The van der Waals surface area contributed by atoms with Crippen LogP contribution in [0, 0.1) is 6.92 Å². The summed E-state index contributed by atoms with van der Waals surface area (Å²) in [7, 11) is 2.00. The highest BCUT2D eigenvalue weighted by atomic mass is 16.5. The summed E-state index contributed by atoms with van der Waals surface area (Å²) in [4.78, 5) is 0. The Morgan fingerprint density at radius 3 is 2.33 bits per heavy atom. The summed E-state index contributed by atoms with van der Waals surface area (Å²) in [6.07, 6.45) is 2.13. The van der Waals surface area contributed by atoms with E-state index in [9.17, 15) is 0 Å². The lowest BCUT2D eigenvalue weighted by Gasteiger charge is -2.15. The molecule has 24 heavy (non-hydrogen) atoms. The molecule has 0 bridgehead atoms. The van der Waals surface area contributed by atoms with Crippen molar-refractivity contribution in [3.63, 3.8) is 0 Å². The standard InChI is InChI=1S/C21H29NO2/c1-5-23-21-14-18(11-8-17(3)22-4)12-13-20(21)24-15-19-9-6-16(2)7-10-19/h6-7,9-10,12-14,17,22H,5,8,11,15H2,1-4H3. The summed E-state index contributed by atoms with van der Waals surface area (Å²) >= 11 is 0. The number of rotatable bonds is 9. The Hall–Kier alpha value is -2.00. The van der Waals surface area contributed by atoms with Crippen LogP contribution in [0.2, 0.25) is 0 Å². The number of hydrogen-bond acceptors (Lipinski definition) is 3. The fourth-order valence-corrected chi connectivity index (χ4v) is 2.47. The lowest BCUT2D eigenvalue weighted by Crippen LogP contribution is -2.21. The van der Waals surface area contributed by atoms with Gasteiger partial charge in [0.25, 0.3) is 0 Å². The molecule has 2 aromatic rings. The molecule has 0 aliphatic rings. The SMILES string of the molecule is CCOc1cc(CCC(C)NC)ccc1OCc1ccc(C)cc1. The molecule has 2 rings (SSSR count). The van der Waals surface area contributed by atoms with E-state index in [2.05, 4.69) is 55.6 Å². The molecule has 3 nitrogen and oxygen atoms in total. The second kappa shape index (κ2) is 9.33. The molecule has 0 fully saturated rings. The molecular formula is C21H29NO2. The molecule has 0 saturated heterocycles. The molecule has 0 aliphatic carbocycles. The molecule has 0 saturated carbocycles. The van der Waals surface area contributed by atoms with Gasteiger partial charge < -0.3 is 14.8 Å². The number of benzene rings is 2. The van der Waals surface area contributed by atoms with Crippen molar-refractivity contribution in [3.8, 4) is 11.5 Å². The highest BCUT2D eigenvalue weighted by Gasteiger charge is 2.08. The van der Waals surface area contributed by atoms with E-state index in [0.29, 0.717) is 19.3 Å². The van der Waals surface area contributed by atoms with Crippen molar-refractivity contribution in [2.45, 2.75) is 46.3 Å². The van der Waals surface area contributed by atoms with Gasteiger partial charge in [-0.25, -0.2) is 0 Å². The molecule has 0 radical (unpaired) electrons. The summed E-state index contributed by atoms with van der Waals surface area (Å²) in [6.45, 7) is 7.47. The summed E-state index contributed by atoms with van der Waals surface area (Å²) < 4.78 is 11.8. The molecule has 0 amide bonds. The second-order valence-electron chi connectivity index (χ2n) is 6.22. The van der Waals surface area contributed by atoms with E-state index < -0.39 is 0 Å². The van der Waals surface area contributed by atoms with E-state index in [1.54, 1.807) is 0 Å². The lowest BCUT2D eigenvalue weighted by atomic mass is 10.1. The molecule has 1 N–H and O–H groups in total. The molecule has 0 heterocycles. The first-order valence-corrected chi connectivity index (χ1v) is 8.73. The second-order valence-corrected chi connectivity index (χ2v) is 6.22. The van der Waals surface area contributed by atoms with Gasteiger partial charge in [0.1, 0.15) is 6.61 Å². The van der Waals surface area contributed by atoms with Crippen molar-refractivity contribution in [3.05, 3.63) is 59.2 Å². The summed E-state index contributed by atoms with van der Waals surface area (Å²) in [5.74, 6) is 1.64. The minimum Gasteiger partial charge on any atom is -0.490 e. The third-order valence-electron chi connectivity index (χ3n) is 4.18. The predicted molar refractivity (Wildman–Crippen MR) is 100.0 cm³/mol. The van der Waals surface area contributed by atoms with Crippen molar-refractivity contribution in [1.82, 2.24) is 5.32 Å². The average Bonchev–Trinajstić information content (AvgIpc) is 2.60. The van der Waals surface area contributed by atoms with Crippen LogP contribution in [0.1, 0.15) is 37.0 Å². The fraction of sp³-hybridized carbons (Fsp3) is 0.429. The van der Waals surface area contributed by atoms with Gasteiger partial charge in [0.05, 0.1) is 6.61 Å². The maximum atomic E-state index is 5.98. The molecule has 1 atom stereocenters. The first-order valence-electron chi connectivity index (χ1n) is 8.73. The zero-order valence-electron chi connectivity index (χ0n) is 15.3. The molecule has 3 heteroatoms. The Kier molecular flexibility index (Phi) is 7.13. The van der Waals surface area contributed by atoms with Gasteiger partial charge in [0.15, 0.2) is 11.5 Å². The Bertz CT molecular complexity index is 622. The largest absolute Gasteiger partial charge is 0.490 e. The first kappa shape index (κ1) is 18.3. The Morgan fingerprint density at radius 2 is 1.67 bits per heavy atom. The minimum atomic E-state index is 0.512. The van der Waals surface area contributed by atoms with E-state index in [-0.39, 0.29) is 0 Å². The molecule has 0 aliphatic heterocycles. The van der Waals surface area contributed by atoms with Crippen molar-refractivity contribution >= 4 is 0 Å². The number of nitrogens with one attached hydrogen (secondary N) is 1. The van der Waals surface area contributed by atoms with Gasteiger partial charge in [-0.3, -0.25) is 0 Å². The Labute approximate surface area is 146 Å². The van der Waals surface area contributed by atoms with E-state index >= 15 is 0 Å². The molecule has 130 valence electrons. The fourth-order valence-electron chi connectivity index (χ4n) is 2.47. The summed E-state index contributed by atoms with van der Waals surface area (Å²) in [5, 5.41) is 3.27.